The third-order valence-electron chi connectivity index (χ3n) is 5.51. The van der Waals surface area contributed by atoms with Crippen molar-refractivity contribution in [1.29, 1.82) is 0 Å². The molecule has 30 heavy (non-hydrogen) atoms. The molecule has 0 aliphatic carbocycles. The number of nitrogens with zero attached hydrogens (tertiary/aromatic N) is 3. The van der Waals surface area contributed by atoms with Crippen molar-refractivity contribution in [2.45, 2.75) is 45.2 Å². The maximum atomic E-state index is 12.4. The van der Waals surface area contributed by atoms with Crippen LogP contribution in [0, 0.1) is 6.92 Å². The molecule has 6 nitrogen and oxygen atoms in total. The van der Waals surface area contributed by atoms with E-state index in [-0.39, 0.29) is 11.9 Å². The second kappa shape index (κ2) is 9.67. The van der Waals surface area contributed by atoms with Crippen LogP contribution in [0.3, 0.4) is 0 Å². The van der Waals surface area contributed by atoms with Crippen LogP contribution in [0.15, 0.2) is 59.1 Å². The van der Waals surface area contributed by atoms with E-state index in [9.17, 15) is 4.79 Å². The summed E-state index contributed by atoms with van der Waals surface area (Å²) in [5.41, 5.74) is 3.56. The predicted molar refractivity (Wildman–Crippen MR) is 116 cm³/mol. The van der Waals surface area contributed by atoms with Gasteiger partial charge < -0.3 is 9.84 Å². The lowest BCUT2D eigenvalue weighted by atomic mass is 10.0. The van der Waals surface area contributed by atoms with Crippen molar-refractivity contribution >= 4 is 5.91 Å². The fourth-order valence-corrected chi connectivity index (χ4v) is 3.89. The summed E-state index contributed by atoms with van der Waals surface area (Å²) in [6.45, 7) is 5.11. The molecule has 1 aliphatic rings. The number of aromatic nitrogens is 2. The zero-order valence-electron chi connectivity index (χ0n) is 17.4. The monoisotopic (exact) mass is 404 g/mol. The molecule has 156 valence electrons. The molecule has 0 atom stereocenters. The number of amides is 1. The third kappa shape index (κ3) is 5.54. The maximum absolute atomic E-state index is 12.4. The number of carbonyl (C=O) groups is 1. The van der Waals surface area contributed by atoms with Crippen molar-refractivity contribution in [3.8, 4) is 11.4 Å². The molecular formula is C24H28N4O2. The number of hydrogen-bond donors (Lipinski definition) is 1. The van der Waals surface area contributed by atoms with Gasteiger partial charge in [-0.2, -0.15) is 4.98 Å². The van der Waals surface area contributed by atoms with Gasteiger partial charge in [0.05, 0.1) is 0 Å². The quantitative estimate of drug-likeness (QED) is 0.649. The molecule has 0 saturated carbocycles. The van der Waals surface area contributed by atoms with E-state index in [1.807, 2.05) is 30.3 Å². The number of carbonyl (C=O) groups excluding carboxylic acids is 1. The van der Waals surface area contributed by atoms with Crippen molar-refractivity contribution in [1.82, 2.24) is 20.4 Å². The SMILES string of the molecule is Cc1cccc(CN2CCC(NC(=O)CCc3nc(-c4ccccc4)no3)CC2)c1. The lowest BCUT2D eigenvalue weighted by molar-refractivity contribution is -0.122. The average Bonchev–Trinajstić information content (AvgIpc) is 3.24. The summed E-state index contributed by atoms with van der Waals surface area (Å²) in [5.74, 6) is 1.11. The van der Waals surface area contributed by atoms with E-state index in [0.717, 1.165) is 38.0 Å². The number of hydrogen-bond acceptors (Lipinski definition) is 5. The molecular weight excluding hydrogens is 376 g/mol. The summed E-state index contributed by atoms with van der Waals surface area (Å²) < 4.78 is 5.29. The largest absolute Gasteiger partial charge is 0.353 e. The zero-order valence-corrected chi connectivity index (χ0v) is 17.4. The molecule has 1 N–H and O–H groups in total. The van der Waals surface area contributed by atoms with Gasteiger partial charge in [0, 0.05) is 44.1 Å². The van der Waals surface area contributed by atoms with Crippen LogP contribution in [0.5, 0.6) is 0 Å². The Kier molecular flexibility index (Phi) is 6.54. The van der Waals surface area contributed by atoms with Gasteiger partial charge >= 0.3 is 0 Å². The lowest BCUT2D eigenvalue weighted by Crippen LogP contribution is -2.44. The van der Waals surface area contributed by atoms with Crippen LogP contribution in [0.4, 0.5) is 0 Å². The van der Waals surface area contributed by atoms with Crippen LogP contribution in [-0.4, -0.2) is 40.1 Å². The molecule has 0 bridgehead atoms. The molecule has 0 unspecified atom stereocenters. The summed E-state index contributed by atoms with van der Waals surface area (Å²) >= 11 is 0. The molecule has 0 spiro atoms. The maximum Gasteiger partial charge on any atom is 0.227 e. The second-order valence-electron chi connectivity index (χ2n) is 7.98. The van der Waals surface area contributed by atoms with Crippen LogP contribution in [-0.2, 0) is 17.8 Å². The Balaban J connectivity index is 1.19. The van der Waals surface area contributed by atoms with E-state index >= 15 is 0 Å². The van der Waals surface area contributed by atoms with E-state index in [2.05, 4.69) is 51.5 Å². The molecule has 0 radical (unpaired) electrons. The van der Waals surface area contributed by atoms with Crippen LogP contribution in [0.2, 0.25) is 0 Å². The molecule has 2 aromatic carbocycles. The van der Waals surface area contributed by atoms with Crippen molar-refractivity contribution < 1.29 is 9.32 Å². The minimum absolute atomic E-state index is 0.0478. The van der Waals surface area contributed by atoms with Gasteiger partial charge in [0.25, 0.3) is 0 Å². The van der Waals surface area contributed by atoms with Gasteiger partial charge in [0.15, 0.2) is 0 Å². The first kappa shape index (κ1) is 20.3. The Labute approximate surface area is 177 Å². The Morgan fingerprint density at radius 1 is 1.13 bits per heavy atom. The van der Waals surface area contributed by atoms with Gasteiger partial charge in [0.2, 0.25) is 17.6 Å². The van der Waals surface area contributed by atoms with E-state index < -0.39 is 0 Å². The summed E-state index contributed by atoms with van der Waals surface area (Å²) in [6, 6.07) is 18.6. The van der Waals surface area contributed by atoms with E-state index in [1.165, 1.54) is 11.1 Å². The topological polar surface area (TPSA) is 71.3 Å². The molecule has 1 amide bonds. The van der Waals surface area contributed by atoms with Crippen LogP contribution < -0.4 is 5.32 Å². The predicted octanol–water partition coefficient (Wildman–Crippen LogP) is 3.76. The van der Waals surface area contributed by atoms with Crippen LogP contribution in [0.1, 0.15) is 36.3 Å². The number of benzene rings is 2. The second-order valence-corrected chi connectivity index (χ2v) is 7.98. The van der Waals surface area contributed by atoms with Crippen molar-refractivity contribution in [3.05, 3.63) is 71.6 Å². The van der Waals surface area contributed by atoms with Crippen molar-refractivity contribution in [3.63, 3.8) is 0 Å². The third-order valence-corrected chi connectivity index (χ3v) is 5.51. The minimum atomic E-state index is 0.0478. The highest BCUT2D eigenvalue weighted by atomic mass is 16.5. The first-order chi connectivity index (χ1) is 14.7. The molecule has 1 fully saturated rings. The first-order valence-electron chi connectivity index (χ1n) is 10.6. The lowest BCUT2D eigenvalue weighted by Gasteiger charge is -2.32. The molecule has 1 aromatic heterocycles. The number of piperidine rings is 1. The van der Waals surface area contributed by atoms with Gasteiger partial charge in [-0.25, -0.2) is 0 Å². The molecule has 2 heterocycles. The molecule has 1 saturated heterocycles. The highest BCUT2D eigenvalue weighted by Gasteiger charge is 2.21. The smallest absolute Gasteiger partial charge is 0.227 e. The zero-order chi connectivity index (χ0) is 20.8. The highest BCUT2D eigenvalue weighted by molar-refractivity contribution is 5.76. The van der Waals surface area contributed by atoms with Gasteiger partial charge in [-0.15, -0.1) is 0 Å². The van der Waals surface area contributed by atoms with Crippen LogP contribution >= 0.6 is 0 Å². The molecule has 6 heteroatoms. The van der Waals surface area contributed by atoms with Gasteiger partial charge in [-0.3, -0.25) is 9.69 Å². The Morgan fingerprint density at radius 2 is 1.93 bits per heavy atom. The number of likely N-dealkylation sites (tertiary alicyclic amines) is 1. The summed E-state index contributed by atoms with van der Waals surface area (Å²) in [6.07, 6.45) is 2.78. The Bertz CT molecular complexity index is 962. The normalized spacial score (nSPS) is 15.2. The van der Waals surface area contributed by atoms with Crippen LogP contribution in [0.25, 0.3) is 11.4 Å². The number of aryl methyl sites for hydroxylation is 2. The first-order valence-corrected chi connectivity index (χ1v) is 10.6. The van der Waals surface area contributed by atoms with Gasteiger partial charge in [-0.1, -0.05) is 65.3 Å². The molecule has 3 aromatic rings. The summed E-state index contributed by atoms with van der Waals surface area (Å²) in [4.78, 5) is 19.2. The van der Waals surface area contributed by atoms with Crippen molar-refractivity contribution in [2.75, 3.05) is 13.1 Å². The number of nitrogens with one attached hydrogen (secondary N) is 1. The molecule has 4 rings (SSSR count). The number of rotatable bonds is 7. The average molecular weight is 405 g/mol. The van der Waals surface area contributed by atoms with E-state index in [1.54, 1.807) is 0 Å². The summed E-state index contributed by atoms with van der Waals surface area (Å²) in [5, 5.41) is 7.17. The fourth-order valence-electron chi connectivity index (χ4n) is 3.89. The van der Waals surface area contributed by atoms with Gasteiger partial charge in [-0.05, 0) is 25.3 Å². The van der Waals surface area contributed by atoms with E-state index in [0.29, 0.717) is 24.6 Å². The Morgan fingerprint density at radius 3 is 2.70 bits per heavy atom. The van der Waals surface area contributed by atoms with Gasteiger partial charge in [0.1, 0.15) is 0 Å². The van der Waals surface area contributed by atoms with E-state index in [4.69, 9.17) is 4.52 Å². The standard InChI is InChI=1S/C24H28N4O2/c1-18-6-5-7-19(16-18)17-28-14-12-21(13-15-28)25-22(29)10-11-23-26-24(27-30-23)20-8-3-2-4-9-20/h2-9,16,21H,10-15,17H2,1H3,(H,25,29). The van der Waals surface area contributed by atoms with Crippen molar-refractivity contribution in [2.24, 2.45) is 0 Å². The fraction of sp³-hybridized carbons (Fsp3) is 0.375. The summed E-state index contributed by atoms with van der Waals surface area (Å²) in [7, 11) is 0. The Hall–Kier alpha value is -2.99. The minimum Gasteiger partial charge on any atom is -0.353 e. The molecule has 1 aliphatic heterocycles. The highest BCUT2D eigenvalue weighted by Crippen LogP contribution is 2.17.